The Morgan fingerprint density at radius 2 is 1.71 bits per heavy atom. The van der Waals surface area contributed by atoms with E-state index in [2.05, 4.69) is 45.5 Å². The average Bonchev–Trinajstić information content (AvgIpc) is 2.06. The van der Waals surface area contributed by atoms with E-state index in [1.54, 1.807) is 0 Å². The molecule has 0 aliphatic heterocycles. The molecule has 0 aliphatic carbocycles. The van der Waals surface area contributed by atoms with Gasteiger partial charge in [0.15, 0.2) is 0 Å². The van der Waals surface area contributed by atoms with Crippen LogP contribution in [0.15, 0.2) is 24.3 Å². The molecule has 0 unspecified atom stereocenters. The number of hydrogen-bond acceptors (Lipinski definition) is 2. The third-order valence-corrected chi connectivity index (χ3v) is 1.97. The molecule has 0 aromatic heterocycles. The summed E-state index contributed by atoms with van der Waals surface area (Å²) in [5.41, 5.74) is 1.19. The van der Waals surface area contributed by atoms with E-state index in [1.807, 2.05) is 12.1 Å². The summed E-state index contributed by atoms with van der Waals surface area (Å²) in [6.07, 6.45) is 1.01. The predicted octanol–water partition coefficient (Wildman–Crippen LogP) is 3.34. The van der Waals surface area contributed by atoms with Gasteiger partial charge in [-0.25, -0.2) is 0 Å². The Hall–Kier alpha value is -0.630. The SMILES string of the molecule is CC(C)(C)Oc1ccc(CCS)cc1. The molecule has 14 heavy (non-hydrogen) atoms. The molecule has 0 saturated carbocycles. The number of benzene rings is 1. The van der Waals surface area contributed by atoms with Crippen molar-refractivity contribution in [1.29, 1.82) is 0 Å². The summed E-state index contributed by atoms with van der Waals surface area (Å²) in [7, 11) is 0. The van der Waals surface area contributed by atoms with E-state index in [0.29, 0.717) is 0 Å². The van der Waals surface area contributed by atoms with Crippen molar-refractivity contribution in [2.24, 2.45) is 0 Å². The second-order valence-electron chi connectivity index (χ2n) is 4.33. The van der Waals surface area contributed by atoms with Gasteiger partial charge in [-0.2, -0.15) is 12.6 Å². The lowest BCUT2D eigenvalue weighted by atomic mass is 10.1. The summed E-state index contributed by atoms with van der Waals surface area (Å²) < 4.78 is 5.72. The molecule has 1 aromatic rings. The Morgan fingerprint density at radius 3 is 2.14 bits per heavy atom. The second kappa shape index (κ2) is 4.74. The smallest absolute Gasteiger partial charge is 0.120 e. The van der Waals surface area contributed by atoms with Crippen molar-refractivity contribution < 1.29 is 4.74 Å². The van der Waals surface area contributed by atoms with E-state index < -0.39 is 0 Å². The summed E-state index contributed by atoms with van der Waals surface area (Å²) in [6, 6.07) is 8.22. The van der Waals surface area contributed by atoms with E-state index in [4.69, 9.17) is 4.74 Å². The first-order valence-corrected chi connectivity index (χ1v) is 5.53. The number of rotatable bonds is 3. The fraction of sp³-hybridized carbons (Fsp3) is 0.500. The third-order valence-electron chi connectivity index (χ3n) is 1.75. The first kappa shape index (κ1) is 11.4. The standard InChI is InChI=1S/C12H18OS/c1-12(2,3)13-11-6-4-10(5-7-11)8-9-14/h4-7,14H,8-9H2,1-3H3. The van der Waals surface area contributed by atoms with Gasteiger partial charge in [0.05, 0.1) is 0 Å². The van der Waals surface area contributed by atoms with Gasteiger partial charge in [-0.3, -0.25) is 0 Å². The lowest BCUT2D eigenvalue weighted by Gasteiger charge is -2.21. The maximum atomic E-state index is 5.72. The van der Waals surface area contributed by atoms with E-state index in [0.717, 1.165) is 17.9 Å². The maximum absolute atomic E-state index is 5.72. The molecule has 0 atom stereocenters. The first-order valence-electron chi connectivity index (χ1n) is 4.90. The molecule has 1 aromatic carbocycles. The molecular formula is C12H18OS. The van der Waals surface area contributed by atoms with Gasteiger partial charge in [-0.1, -0.05) is 12.1 Å². The largest absolute Gasteiger partial charge is 0.488 e. The van der Waals surface area contributed by atoms with Crippen molar-refractivity contribution in [2.45, 2.75) is 32.8 Å². The lowest BCUT2D eigenvalue weighted by Crippen LogP contribution is -2.22. The van der Waals surface area contributed by atoms with E-state index in [1.165, 1.54) is 5.56 Å². The van der Waals surface area contributed by atoms with Gasteiger partial charge in [0.25, 0.3) is 0 Å². The normalized spacial score (nSPS) is 11.4. The Kier molecular flexibility index (Phi) is 3.87. The quantitative estimate of drug-likeness (QED) is 0.753. The Bertz CT molecular complexity index is 271. The fourth-order valence-electron chi connectivity index (χ4n) is 1.21. The summed E-state index contributed by atoms with van der Waals surface area (Å²) in [6.45, 7) is 6.15. The van der Waals surface area contributed by atoms with E-state index in [9.17, 15) is 0 Å². The molecule has 0 bridgehead atoms. The monoisotopic (exact) mass is 210 g/mol. The topological polar surface area (TPSA) is 9.23 Å². The summed E-state index contributed by atoms with van der Waals surface area (Å²) >= 11 is 4.20. The molecule has 0 amide bonds. The zero-order valence-corrected chi connectivity index (χ0v) is 9.97. The van der Waals surface area contributed by atoms with Crippen molar-refractivity contribution in [3.63, 3.8) is 0 Å². The van der Waals surface area contributed by atoms with Gasteiger partial charge in [-0.05, 0) is 50.6 Å². The average molecular weight is 210 g/mol. The predicted molar refractivity (Wildman–Crippen MR) is 64.4 cm³/mol. The number of ether oxygens (including phenoxy) is 1. The van der Waals surface area contributed by atoms with Crippen molar-refractivity contribution >= 4 is 12.6 Å². The highest BCUT2D eigenvalue weighted by molar-refractivity contribution is 7.80. The number of aryl methyl sites for hydroxylation is 1. The van der Waals surface area contributed by atoms with Gasteiger partial charge in [-0.15, -0.1) is 0 Å². The van der Waals surface area contributed by atoms with Crippen LogP contribution >= 0.6 is 12.6 Å². The first-order chi connectivity index (χ1) is 6.51. The lowest BCUT2D eigenvalue weighted by molar-refractivity contribution is 0.131. The molecule has 0 fully saturated rings. The fourth-order valence-corrected chi connectivity index (χ4v) is 1.47. The highest BCUT2D eigenvalue weighted by Gasteiger charge is 2.10. The van der Waals surface area contributed by atoms with Crippen molar-refractivity contribution in [1.82, 2.24) is 0 Å². The zero-order chi connectivity index (χ0) is 10.6. The molecule has 78 valence electrons. The van der Waals surface area contributed by atoms with Crippen molar-refractivity contribution in [2.75, 3.05) is 5.75 Å². The molecule has 0 heterocycles. The van der Waals surface area contributed by atoms with Crippen molar-refractivity contribution in [3.8, 4) is 5.75 Å². The zero-order valence-electron chi connectivity index (χ0n) is 9.08. The van der Waals surface area contributed by atoms with Crippen LogP contribution in [0.5, 0.6) is 5.75 Å². The van der Waals surface area contributed by atoms with Crippen LogP contribution in [0, 0.1) is 0 Å². The number of thiol groups is 1. The van der Waals surface area contributed by atoms with Crippen LogP contribution in [-0.2, 0) is 6.42 Å². The highest BCUT2D eigenvalue weighted by Crippen LogP contribution is 2.18. The van der Waals surface area contributed by atoms with Gasteiger partial charge in [0.1, 0.15) is 11.4 Å². The molecule has 1 rings (SSSR count). The minimum absolute atomic E-state index is 0.120. The minimum atomic E-state index is -0.120. The second-order valence-corrected chi connectivity index (χ2v) is 4.78. The van der Waals surface area contributed by atoms with Crippen LogP contribution in [0.3, 0.4) is 0 Å². The third kappa shape index (κ3) is 4.05. The molecule has 0 N–H and O–H groups in total. The van der Waals surface area contributed by atoms with E-state index >= 15 is 0 Å². The molecule has 0 radical (unpaired) electrons. The van der Waals surface area contributed by atoms with Crippen molar-refractivity contribution in [3.05, 3.63) is 29.8 Å². The molecule has 0 spiro atoms. The van der Waals surface area contributed by atoms with Gasteiger partial charge in [0, 0.05) is 0 Å². The summed E-state index contributed by atoms with van der Waals surface area (Å²) in [4.78, 5) is 0. The molecular weight excluding hydrogens is 192 g/mol. The maximum Gasteiger partial charge on any atom is 0.120 e. The van der Waals surface area contributed by atoms with Gasteiger partial charge >= 0.3 is 0 Å². The molecule has 2 heteroatoms. The highest BCUT2D eigenvalue weighted by atomic mass is 32.1. The van der Waals surface area contributed by atoms with Crippen LogP contribution in [0.4, 0.5) is 0 Å². The molecule has 0 saturated heterocycles. The Labute approximate surface area is 91.9 Å². The molecule has 1 nitrogen and oxygen atoms in total. The van der Waals surface area contributed by atoms with Crippen LogP contribution in [-0.4, -0.2) is 11.4 Å². The minimum Gasteiger partial charge on any atom is -0.488 e. The Balaban J connectivity index is 2.64. The Morgan fingerprint density at radius 1 is 1.14 bits per heavy atom. The van der Waals surface area contributed by atoms with Gasteiger partial charge < -0.3 is 4.74 Å². The van der Waals surface area contributed by atoms with Crippen LogP contribution < -0.4 is 4.74 Å². The van der Waals surface area contributed by atoms with E-state index in [-0.39, 0.29) is 5.60 Å². The molecule has 0 aliphatic rings. The van der Waals surface area contributed by atoms with Crippen LogP contribution in [0.2, 0.25) is 0 Å². The van der Waals surface area contributed by atoms with Crippen LogP contribution in [0.1, 0.15) is 26.3 Å². The summed E-state index contributed by atoms with van der Waals surface area (Å²) in [5, 5.41) is 0. The summed E-state index contributed by atoms with van der Waals surface area (Å²) in [5.74, 6) is 1.82. The van der Waals surface area contributed by atoms with Crippen LogP contribution in [0.25, 0.3) is 0 Å². The van der Waals surface area contributed by atoms with Gasteiger partial charge in [0.2, 0.25) is 0 Å². The number of hydrogen-bond donors (Lipinski definition) is 1.